The first-order valence-corrected chi connectivity index (χ1v) is 13.3. The molecule has 0 spiro atoms. The monoisotopic (exact) mass is 230 g/mol. The van der Waals surface area contributed by atoms with E-state index in [1.54, 1.807) is 0 Å². The molecule has 0 aliphatic rings. The van der Waals surface area contributed by atoms with Gasteiger partial charge >= 0.3 is 52.8 Å². The van der Waals surface area contributed by atoms with Crippen LogP contribution in [0.4, 0.5) is 8.78 Å². The zero-order valence-corrected chi connectivity index (χ0v) is 8.39. The van der Waals surface area contributed by atoms with Gasteiger partial charge in [0.1, 0.15) is 0 Å². The fourth-order valence-corrected chi connectivity index (χ4v) is 3.11. The zero-order chi connectivity index (χ0) is 6.78. The van der Waals surface area contributed by atoms with Crippen molar-refractivity contribution >= 4 is 18.4 Å². The third kappa shape index (κ3) is 6.66. The fourth-order valence-electron chi connectivity index (χ4n) is 0.463. The Labute approximate surface area is 53.1 Å². The molecule has 0 aromatic heterocycles. The van der Waals surface area contributed by atoms with Gasteiger partial charge < -0.3 is 0 Å². The van der Waals surface area contributed by atoms with Crippen LogP contribution in [0.2, 0.25) is 19.3 Å². The summed E-state index contributed by atoms with van der Waals surface area (Å²) in [4.78, 5) is 6.04. The maximum atomic E-state index is 11.6. The Morgan fingerprint density at radius 1 is 1.25 bits per heavy atom. The van der Waals surface area contributed by atoms with E-state index >= 15 is 0 Å². The summed E-state index contributed by atoms with van der Waals surface area (Å²) >= 11 is -2.11. The van der Waals surface area contributed by atoms with Gasteiger partial charge in [-0.2, -0.15) is 0 Å². The van der Waals surface area contributed by atoms with Crippen LogP contribution in [0.1, 0.15) is 0 Å². The fraction of sp³-hybridized carbons (Fsp3) is 1.00. The van der Waals surface area contributed by atoms with Crippen molar-refractivity contribution in [3.05, 3.63) is 0 Å². The molecule has 0 atom stereocenters. The van der Waals surface area contributed by atoms with Gasteiger partial charge in [-0.15, -0.1) is 0 Å². The van der Waals surface area contributed by atoms with E-state index in [4.69, 9.17) is 0 Å². The molecule has 50 valence electrons. The maximum absolute atomic E-state index is 11.6. The molecule has 8 heavy (non-hydrogen) atoms. The number of halogens is 2. The SMILES string of the molecule is [CH3][Sn]([CH3])([CH3])[CH2]C(F)F. The third-order valence-corrected chi connectivity index (χ3v) is 5.14. The van der Waals surface area contributed by atoms with Crippen molar-refractivity contribution in [1.82, 2.24) is 0 Å². The summed E-state index contributed by atoms with van der Waals surface area (Å²) in [6.07, 6.45) is -2.06. The van der Waals surface area contributed by atoms with Crippen LogP contribution in [-0.4, -0.2) is 24.8 Å². The number of hydrogen-bond acceptors (Lipinski definition) is 0. The molecule has 0 heterocycles. The van der Waals surface area contributed by atoms with E-state index in [1.807, 2.05) is 14.8 Å². The molecule has 0 aliphatic heterocycles. The van der Waals surface area contributed by atoms with Gasteiger partial charge in [0.2, 0.25) is 0 Å². The standard InChI is InChI=1S/C2H3F2.3CH3.Sn/c1-2(3)4;;;;/h2H,1H2;3*1H3;. The first-order chi connectivity index (χ1) is 3.42. The average molecular weight is 229 g/mol. The summed E-state index contributed by atoms with van der Waals surface area (Å²) in [5, 5.41) is 0. The molecule has 0 aromatic rings. The minimum atomic E-state index is -2.11. The molecule has 3 heteroatoms. The Bertz CT molecular complexity index is 65.3. The van der Waals surface area contributed by atoms with Gasteiger partial charge in [-0.05, 0) is 0 Å². The second-order valence-electron chi connectivity index (χ2n) is 3.16. The molecular weight excluding hydrogens is 217 g/mol. The van der Waals surface area contributed by atoms with Crippen molar-refractivity contribution in [2.75, 3.05) is 0 Å². The molecule has 0 amide bonds. The second-order valence-corrected chi connectivity index (χ2v) is 18.9. The first kappa shape index (κ1) is 8.66. The van der Waals surface area contributed by atoms with Gasteiger partial charge in [0.25, 0.3) is 0 Å². The van der Waals surface area contributed by atoms with Crippen molar-refractivity contribution in [2.24, 2.45) is 0 Å². The van der Waals surface area contributed by atoms with Crippen LogP contribution >= 0.6 is 0 Å². The normalized spacial score (nSPS) is 12.8. The van der Waals surface area contributed by atoms with E-state index in [1.165, 1.54) is 0 Å². The Balaban J connectivity index is 3.39. The van der Waals surface area contributed by atoms with Crippen molar-refractivity contribution in [3.63, 3.8) is 0 Å². The van der Waals surface area contributed by atoms with Crippen LogP contribution in [0.3, 0.4) is 0 Å². The van der Waals surface area contributed by atoms with E-state index in [9.17, 15) is 8.78 Å². The summed E-state index contributed by atoms with van der Waals surface area (Å²) in [6.45, 7) is 0. The number of rotatable bonds is 2. The van der Waals surface area contributed by atoms with Crippen molar-refractivity contribution in [3.8, 4) is 0 Å². The Kier molecular flexibility index (Phi) is 3.24. The van der Waals surface area contributed by atoms with Gasteiger partial charge in [-0.1, -0.05) is 0 Å². The zero-order valence-electron chi connectivity index (χ0n) is 5.54. The Hall–Kier alpha value is 0.659. The van der Waals surface area contributed by atoms with Crippen LogP contribution in [0.5, 0.6) is 0 Å². The van der Waals surface area contributed by atoms with Gasteiger partial charge in [-0.25, -0.2) is 0 Å². The van der Waals surface area contributed by atoms with E-state index in [-0.39, 0.29) is 4.44 Å². The Morgan fingerprint density at radius 3 is 1.62 bits per heavy atom. The second kappa shape index (κ2) is 2.99. The van der Waals surface area contributed by atoms with Crippen LogP contribution in [0.25, 0.3) is 0 Å². The molecular formula is C5H12F2Sn. The van der Waals surface area contributed by atoms with Gasteiger partial charge in [0, 0.05) is 0 Å². The molecule has 0 rings (SSSR count). The first-order valence-electron chi connectivity index (χ1n) is 2.70. The summed E-state index contributed by atoms with van der Waals surface area (Å²) in [5.41, 5.74) is 0. The quantitative estimate of drug-likeness (QED) is 0.638. The molecule has 0 aliphatic carbocycles. The molecule has 0 nitrogen and oxygen atoms in total. The molecule has 0 saturated carbocycles. The van der Waals surface area contributed by atoms with Crippen LogP contribution in [0, 0.1) is 0 Å². The van der Waals surface area contributed by atoms with Crippen LogP contribution in [0.15, 0.2) is 0 Å². The molecule has 0 aromatic carbocycles. The summed E-state index contributed by atoms with van der Waals surface area (Å²) < 4.78 is 23.4. The predicted octanol–water partition coefficient (Wildman–Crippen LogP) is 2.59. The third-order valence-electron chi connectivity index (χ3n) is 0.767. The Morgan fingerprint density at radius 2 is 1.62 bits per heavy atom. The predicted molar refractivity (Wildman–Crippen MR) is 34.2 cm³/mol. The molecule has 0 unspecified atom stereocenters. The van der Waals surface area contributed by atoms with Crippen molar-refractivity contribution < 1.29 is 8.78 Å². The van der Waals surface area contributed by atoms with E-state index < -0.39 is 24.8 Å². The molecule has 0 bridgehead atoms. The van der Waals surface area contributed by atoms with E-state index in [0.29, 0.717) is 0 Å². The van der Waals surface area contributed by atoms with Crippen molar-refractivity contribution in [1.29, 1.82) is 0 Å². The summed E-state index contributed by atoms with van der Waals surface area (Å²) in [7, 11) is 0. The average Bonchev–Trinajstić information content (AvgIpc) is 1.21. The minimum absolute atomic E-state index is 0.203. The van der Waals surface area contributed by atoms with Crippen molar-refractivity contribution in [2.45, 2.75) is 25.7 Å². The van der Waals surface area contributed by atoms with Crippen LogP contribution in [-0.2, 0) is 0 Å². The summed E-state index contributed by atoms with van der Waals surface area (Å²) in [5.74, 6) is 0. The van der Waals surface area contributed by atoms with E-state index in [2.05, 4.69) is 0 Å². The van der Waals surface area contributed by atoms with Crippen LogP contribution < -0.4 is 0 Å². The van der Waals surface area contributed by atoms with E-state index in [0.717, 1.165) is 0 Å². The van der Waals surface area contributed by atoms with Gasteiger partial charge in [-0.3, -0.25) is 0 Å². The molecule has 0 fully saturated rings. The van der Waals surface area contributed by atoms with Gasteiger partial charge in [0.05, 0.1) is 0 Å². The number of alkyl halides is 2. The molecule has 0 saturated heterocycles. The molecule has 0 N–H and O–H groups in total. The van der Waals surface area contributed by atoms with Gasteiger partial charge in [0.15, 0.2) is 0 Å². The topological polar surface area (TPSA) is 0 Å². The summed E-state index contributed by atoms with van der Waals surface area (Å²) in [6, 6.07) is 0. The number of hydrogen-bond donors (Lipinski definition) is 0. The molecule has 0 radical (unpaired) electrons.